The maximum atomic E-state index is 13.4. The predicted octanol–water partition coefficient (Wildman–Crippen LogP) is 2.65. The first-order chi connectivity index (χ1) is 10.6. The highest BCUT2D eigenvalue weighted by atomic mass is 32.1. The normalized spacial score (nSPS) is 26.1. The van der Waals surface area contributed by atoms with Crippen molar-refractivity contribution < 1.29 is 9.18 Å². The summed E-state index contributed by atoms with van der Waals surface area (Å²) in [5, 5.41) is 2.00. The number of benzene rings is 1. The Morgan fingerprint density at radius 3 is 2.86 bits per heavy atom. The van der Waals surface area contributed by atoms with Gasteiger partial charge in [0.2, 0.25) is 5.91 Å². The monoisotopic (exact) mass is 316 g/mol. The minimum Gasteiger partial charge on any atom is -0.333 e. The second-order valence-electron chi connectivity index (χ2n) is 6.16. The number of carbonyl (C=O) groups is 1. The van der Waals surface area contributed by atoms with E-state index in [0.717, 1.165) is 22.4 Å². The molecule has 2 heterocycles. The summed E-state index contributed by atoms with van der Waals surface area (Å²) in [6.07, 6.45) is 0.823. The summed E-state index contributed by atoms with van der Waals surface area (Å²) in [5.74, 6) is 0.119. The van der Waals surface area contributed by atoms with E-state index in [0.29, 0.717) is 19.6 Å². The van der Waals surface area contributed by atoms with Crippen molar-refractivity contribution in [1.82, 2.24) is 4.90 Å². The summed E-state index contributed by atoms with van der Waals surface area (Å²) in [6.45, 7) is 1.59. The van der Waals surface area contributed by atoms with Crippen molar-refractivity contribution in [2.24, 2.45) is 11.7 Å². The average molecular weight is 316 g/mol. The molecule has 3 nitrogen and oxygen atoms in total. The average Bonchev–Trinajstić information content (AvgIpc) is 2.90. The van der Waals surface area contributed by atoms with Crippen LogP contribution in [0.2, 0.25) is 0 Å². The van der Waals surface area contributed by atoms with Crippen LogP contribution < -0.4 is 5.73 Å². The van der Waals surface area contributed by atoms with Gasteiger partial charge in [-0.1, -0.05) is 12.1 Å². The first-order valence-corrected chi connectivity index (χ1v) is 8.34. The Hall–Kier alpha value is -1.72. The van der Waals surface area contributed by atoms with E-state index in [1.165, 1.54) is 12.1 Å². The zero-order valence-electron chi connectivity index (χ0n) is 12.1. The Morgan fingerprint density at radius 1 is 1.36 bits per heavy atom. The molecule has 0 radical (unpaired) electrons. The van der Waals surface area contributed by atoms with E-state index in [1.807, 2.05) is 22.4 Å². The number of amides is 1. The van der Waals surface area contributed by atoms with Crippen LogP contribution in [0.5, 0.6) is 0 Å². The molecule has 0 bridgehead atoms. The van der Waals surface area contributed by atoms with Crippen LogP contribution >= 0.6 is 11.3 Å². The Labute approximate surface area is 132 Å². The van der Waals surface area contributed by atoms with Crippen LogP contribution in [0.3, 0.4) is 0 Å². The van der Waals surface area contributed by atoms with Gasteiger partial charge in [-0.2, -0.15) is 0 Å². The summed E-state index contributed by atoms with van der Waals surface area (Å²) in [5.41, 5.74) is 7.36. The van der Waals surface area contributed by atoms with E-state index in [1.54, 1.807) is 17.4 Å². The maximum absolute atomic E-state index is 13.4. The van der Waals surface area contributed by atoms with Crippen molar-refractivity contribution >= 4 is 17.2 Å². The minimum atomic E-state index is -0.441. The molecule has 2 atom stereocenters. The summed E-state index contributed by atoms with van der Waals surface area (Å²) >= 11 is 1.62. The molecule has 5 heteroatoms. The van der Waals surface area contributed by atoms with Crippen molar-refractivity contribution in [2.75, 3.05) is 6.54 Å². The largest absolute Gasteiger partial charge is 0.333 e. The van der Waals surface area contributed by atoms with Gasteiger partial charge in [0.25, 0.3) is 0 Å². The van der Waals surface area contributed by atoms with E-state index in [-0.39, 0.29) is 17.6 Å². The number of thiophene rings is 1. The molecule has 1 fully saturated rings. The van der Waals surface area contributed by atoms with E-state index in [2.05, 4.69) is 0 Å². The maximum Gasteiger partial charge on any atom is 0.235 e. The van der Waals surface area contributed by atoms with Crippen molar-refractivity contribution in [3.8, 4) is 0 Å². The molecule has 1 aromatic heterocycles. The van der Waals surface area contributed by atoms with Crippen molar-refractivity contribution in [3.63, 3.8) is 0 Å². The van der Waals surface area contributed by atoms with E-state index in [4.69, 9.17) is 5.73 Å². The van der Waals surface area contributed by atoms with Crippen LogP contribution in [0.25, 0.3) is 0 Å². The standard InChI is InChI=1S/C17H17FN2OS/c18-14-4-3-11-9-20(10-12(11)6-14)16(21)17(7-13(17)8-19)15-2-1-5-22-15/h1-6,13H,7-10,19H2. The molecule has 22 heavy (non-hydrogen) atoms. The van der Waals surface area contributed by atoms with E-state index in [9.17, 15) is 9.18 Å². The molecule has 2 aromatic rings. The third kappa shape index (κ3) is 1.92. The number of nitrogens with zero attached hydrogens (tertiary/aromatic N) is 1. The molecule has 1 aliphatic heterocycles. The highest BCUT2D eigenvalue weighted by Crippen LogP contribution is 2.56. The summed E-state index contributed by atoms with van der Waals surface area (Å²) in [7, 11) is 0. The van der Waals surface area contributed by atoms with Crippen LogP contribution in [0, 0.1) is 11.7 Å². The zero-order chi connectivity index (χ0) is 15.3. The van der Waals surface area contributed by atoms with E-state index < -0.39 is 5.41 Å². The Morgan fingerprint density at radius 2 is 2.18 bits per heavy atom. The van der Waals surface area contributed by atoms with Gasteiger partial charge in [-0.05, 0) is 53.6 Å². The highest BCUT2D eigenvalue weighted by molar-refractivity contribution is 7.10. The molecule has 2 unspecified atom stereocenters. The van der Waals surface area contributed by atoms with Gasteiger partial charge in [0, 0.05) is 18.0 Å². The van der Waals surface area contributed by atoms with Gasteiger partial charge in [-0.15, -0.1) is 11.3 Å². The predicted molar refractivity (Wildman–Crippen MR) is 83.8 cm³/mol. The number of nitrogens with two attached hydrogens (primary N) is 1. The number of hydrogen-bond donors (Lipinski definition) is 1. The molecule has 114 valence electrons. The number of hydrogen-bond acceptors (Lipinski definition) is 3. The molecular formula is C17H17FN2OS. The third-order valence-corrected chi connectivity index (χ3v) is 5.96. The second kappa shape index (κ2) is 4.89. The number of halogens is 1. The minimum absolute atomic E-state index is 0.141. The lowest BCUT2D eigenvalue weighted by Crippen LogP contribution is -2.37. The fourth-order valence-corrected chi connectivity index (χ4v) is 4.61. The molecule has 1 saturated carbocycles. The number of carbonyl (C=O) groups excluding carboxylic acids is 1. The molecule has 2 N–H and O–H groups in total. The first-order valence-electron chi connectivity index (χ1n) is 7.46. The fourth-order valence-electron chi connectivity index (χ4n) is 3.60. The van der Waals surface area contributed by atoms with Crippen LogP contribution in [-0.2, 0) is 23.3 Å². The lowest BCUT2D eigenvalue weighted by Gasteiger charge is -2.23. The SMILES string of the molecule is NCC1CC1(C(=O)N1Cc2ccc(F)cc2C1)c1cccs1. The van der Waals surface area contributed by atoms with Gasteiger partial charge in [-0.3, -0.25) is 4.79 Å². The van der Waals surface area contributed by atoms with Gasteiger partial charge < -0.3 is 10.6 Å². The molecule has 1 aliphatic carbocycles. The molecule has 1 amide bonds. The van der Waals surface area contributed by atoms with Crippen LogP contribution in [0.4, 0.5) is 4.39 Å². The van der Waals surface area contributed by atoms with Crippen LogP contribution in [0.1, 0.15) is 22.4 Å². The van der Waals surface area contributed by atoms with Crippen LogP contribution in [-0.4, -0.2) is 17.4 Å². The first kappa shape index (κ1) is 13.9. The topological polar surface area (TPSA) is 46.3 Å². The van der Waals surface area contributed by atoms with Crippen LogP contribution in [0.15, 0.2) is 35.7 Å². The van der Waals surface area contributed by atoms with Crippen molar-refractivity contribution in [1.29, 1.82) is 0 Å². The lowest BCUT2D eigenvalue weighted by atomic mass is 9.99. The fraction of sp³-hybridized carbons (Fsp3) is 0.353. The summed E-state index contributed by atoms with van der Waals surface area (Å²) in [4.78, 5) is 16.1. The number of rotatable bonds is 3. The molecule has 1 aromatic carbocycles. The Kier molecular flexibility index (Phi) is 3.09. The van der Waals surface area contributed by atoms with Gasteiger partial charge in [0.05, 0.1) is 5.41 Å². The summed E-state index contributed by atoms with van der Waals surface area (Å²) in [6, 6.07) is 8.79. The molecule has 4 rings (SSSR count). The highest BCUT2D eigenvalue weighted by Gasteiger charge is 2.62. The molecular weight excluding hydrogens is 299 g/mol. The van der Waals surface area contributed by atoms with Gasteiger partial charge in [0.15, 0.2) is 0 Å². The smallest absolute Gasteiger partial charge is 0.235 e. The van der Waals surface area contributed by atoms with Crippen molar-refractivity contribution in [2.45, 2.75) is 24.9 Å². The zero-order valence-corrected chi connectivity index (χ0v) is 12.9. The van der Waals surface area contributed by atoms with Gasteiger partial charge in [0.1, 0.15) is 5.82 Å². The quantitative estimate of drug-likeness (QED) is 0.946. The van der Waals surface area contributed by atoms with Crippen molar-refractivity contribution in [3.05, 3.63) is 57.5 Å². The Bertz CT molecular complexity index is 730. The molecule has 2 aliphatic rings. The lowest BCUT2D eigenvalue weighted by molar-refractivity contribution is -0.134. The van der Waals surface area contributed by atoms with Gasteiger partial charge >= 0.3 is 0 Å². The Balaban J connectivity index is 1.63. The second-order valence-corrected chi connectivity index (χ2v) is 7.11. The summed E-state index contributed by atoms with van der Waals surface area (Å²) < 4.78 is 13.4. The third-order valence-electron chi connectivity index (χ3n) is 4.91. The molecule has 0 saturated heterocycles. The molecule has 0 spiro atoms. The number of fused-ring (bicyclic) bond motifs is 1. The van der Waals surface area contributed by atoms with Gasteiger partial charge in [-0.25, -0.2) is 4.39 Å². The van der Waals surface area contributed by atoms with E-state index >= 15 is 0 Å².